The molecular weight excluding hydrogens is 302 g/mol. The van der Waals surface area contributed by atoms with Crippen molar-refractivity contribution in [2.75, 3.05) is 0 Å². The number of carbonyl (C=O) groups is 1. The maximum Gasteiger partial charge on any atom is 0.162 e. The van der Waals surface area contributed by atoms with E-state index in [0.29, 0.717) is 5.78 Å². The number of Topliss-reactive ketones (excluding diaryl/α,β-unsaturated/α-hetero) is 1. The van der Waals surface area contributed by atoms with E-state index in [0.717, 1.165) is 31.3 Å². The van der Waals surface area contributed by atoms with Crippen molar-refractivity contribution in [3.05, 3.63) is 63.1 Å². The highest BCUT2D eigenvalue weighted by Gasteiger charge is 2.48. The number of benzene rings is 1. The zero-order chi connectivity index (χ0) is 16.0. The topological polar surface area (TPSA) is 30.0 Å². The van der Waals surface area contributed by atoms with Gasteiger partial charge in [0.25, 0.3) is 0 Å². The standard InChI is InChI=1S/C20H21NOS/c1-3-20(15-7-5-4-6-8-15)17-14(10-9-13(2)18(17)22)11-16-19(20)23-12-21-16/h4-8,12-13H,3,9-11H2,1-2H3. The highest BCUT2D eigenvalue weighted by Crippen LogP contribution is 2.53. The summed E-state index contributed by atoms with van der Waals surface area (Å²) in [6.45, 7) is 4.29. The summed E-state index contributed by atoms with van der Waals surface area (Å²) in [6.07, 6.45) is 3.78. The number of nitrogens with zero attached hydrogens (tertiary/aromatic N) is 1. The first-order valence-corrected chi connectivity index (χ1v) is 9.31. The molecule has 118 valence electrons. The van der Waals surface area contributed by atoms with Crippen LogP contribution in [0.5, 0.6) is 0 Å². The molecule has 0 amide bonds. The minimum absolute atomic E-state index is 0.137. The fraction of sp³-hybridized carbons (Fsp3) is 0.400. The van der Waals surface area contributed by atoms with Gasteiger partial charge in [-0.05, 0) is 24.8 Å². The molecule has 0 saturated carbocycles. The molecule has 0 fully saturated rings. The lowest BCUT2D eigenvalue weighted by Crippen LogP contribution is -2.41. The zero-order valence-corrected chi connectivity index (χ0v) is 14.5. The van der Waals surface area contributed by atoms with E-state index in [1.54, 1.807) is 11.3 Å². The van der Waals surface area contributed by atoms with Gasteiger partial charge in [-0.15, -0.1) is 11.3 Å². The fourth-order valence-electron chi connectivity index (χ4n) is 4.35. The molecular formula is C20H21NOS. The van der Waals surface area contributed by atoms with E-state index >= 15 is 0 Å². The summed E-state index contributed by atoms with van der Waals surface area (Å²) in [5, 5.41) is 0. The van der Waals surface area contributed by atoms with Crippen LogP contribution in [-0.4, -0.2) is 10.8 Å². The lowest BCUT2D eigenvalue weighted by Gasteiger charge is -2.42. The van der Waals surface area contributed by atoms with Crippen molar-refractivity contribution in [2.45, 2.75) is 44.9 Å². The van der Waals surface area contributed by atoms with E-state index in [1.807, 2.05) is 11.6 Å². The molecule has 2 aromatic rings. The van der Waals surface area contributed by atoms with Crippen LogP contribution in [0.2, 0.25) is 0 Å². The van der Waals surface area contributed by atoms with Crippen LogP contribution in [0.15, 0.2) is 47.0 Å². The Hall–Kier alpha value is -1.74. The van der Waals surface area contributed by atoms with E-state index in [2.05, 4.69) is 43.1 Å². The molecule has 2 aliphatic rings. The Morgan fingerprint density at radius 1 is 1.30 bits per heavy atom. The summed E-state index contributed by atoms with van der Waals surface area (Å²) in [4.78, 5) is 19.1. The number of thiazole rings is 1. The number of carbonyl (C=O) groups excluding carboxylic acids is 1. The van der Waals surface area contributed by atoms with Crippen molar-refractivity contribution < 1.29 is 4.79 Å². The second kappa shape index (κ2) is 5.41. The summed E-state index contributed by atoms with van der Waals surface area (Å²) in [5.74, 6) is 0.494. The van der Waals surface area contributed by atoms with Gasteiger partial charge >= 0.3 is 0 Å². The molecule has 2 atom stereocenters. The Kier molecular flexibility index (Phi) is 3.49. The van der Waals surface area contributed by atoms with Crippen LogP contribution in [0.1, 0.15) is 49.2 Å². The molecule has 2 nitrogen and oxygen atoms in total. The van der Waals surface area contributed by atoms with Crippen LogP contribution in [-0.2, 0) is 16.6 Å². The maximum absolute atomic E-state index is 13.2. The summed E-state index contributed by atoms with van der Waals surface area (Å²) in [7, 11) is 0. The Labute approximate surface area is 141 Å². The molecule has 0 saturated heterocycles. The van der Waals surface area contributed by atoms with E-state index in [1.165, 1.54) is 21.7 Å². The van der Waals surface area contributed by atoms with Crippen molar-refractivity contribution in [3.8, 4) is 0 Å². The van der Waals surface area contributed by atoms with Gasteiger partial charge < -0.3 is 0 Å². The lowest BCUT2D eigenvalue weighted by atomic mass is 9.61. The van der Waals surface area contributed by atoms with Crippen LogP contribution >= 0.6 is 11.3 Å². The van der Waals surface area contributed by atoms with Crippen LogP contribution in [0.3, 0.4) is 0 Å². The Bertz CT molecular complexity index is 789. The van der Waals surface area contributed by atoms with Gasteiger partial charge in [0.05, 0.1) is 16.6 Å². The molecule has 1 aromatic heterocycles. The summed E-state index contributed by atoms with van der Waals surface area (Å²) >= 11 is 1.71. The molecule has 4 rings (SSSR count). The molecule has 0 N–H and O–H groups in total. The predicted octanol–water partition coefficient (Wildman–Crippen LogP) is 4.69. The Morgan fingerprint density at radius 2 is 2.09 bits per heavy atom. The highest BCUT2D eigenvalue weighted by molar-refractivity contribution is 7.10. The van der Waals surface area contributed by atoms with Gasteiger partial charge in [0.2, 0.25) is 0 Å². The molecule has 3 heteroatoms. The Balaban J connectivity index is 2.04. The third-order valence-corrected chi connectivity index (χ3v) is 6.59. The van der Waals surface area contributed by atoms with Gasteiger partial charge in [-0.2, -0.15) is 0 Å². The molecule has 0 aliphatic heterocycles. The highest BCUT2D eigenvalue weighted by atomic mass is 32.1. The molecule has 2 aliphatic carbocycles. The van der Waals surface area contributed by atoms with E-state index < -0.39 is 0 Å². The van der Waals surface area contributed by atoms with Gasteiger partial charge in [-0.3, -0.25) is 4.79 Å². The van der Waals surface area contributed by atoms with Crippen molar-refractivity contribution in [1.82, 2.24) is 4.98 Å². The molecule has 23 heavy (non-hydrogen) atoms. The molecule has 0 spiro atoms. The second-order valence-electron chi connectivity index (χ2n) is 6.71. The number of rotatable bonds is 2. The number of ketones is 1. The largest absolute Gasteiger partial charge is 0.294 e. The van der Waals surface area contributed by atoms with Crippen molar-refractivity contribution in [2.24, 2.45) is 5.92 Å². The van der Waals surface area contributed by atoms with E-state index in [-0.39, 0.29) is 11.3 Å². The molecule has 0 bridgehead atoms. The first kappa shape index (κ1) is 14.8. The maximum atomic E-state index is 13.2. The number of fused-ring (bicyclic) bond motifs is 1. The van der Waals surface area contributed by atoms with Gasteiger partial charge in [0.15, 0.2) is 5.78 Å². The third kappa shape index (κ3) is 1.99. The summed E-state index contributed by atoms with van der Waals surface area (Å²) in [6, 6.07) is 10.6. The van der Waals surface area contributed by atoms with Gasteiger partial charge in [-0.25, -0.2) is 4.98 Å². The monoisotopic (exact) mass is 323 g/mol. The van der Waals surface area contributed by atoms with Crippen LogP contribution < -0.4 is 0 Å². The van der Waals surface area contributed by atoms with Crippen LogP contribution in [0.25, 0.3) is 0 Å². The third-order valence-electron chi connectivity index (χ3n) is 5.56. The Morgan fingerprint density at radius 3 is 2.83 bits per heavy atom. The average Bonchev–Trinajstić information content (AvgIpc) is 3.06. The quantitative estimate of drug-likeness (QED) is 0.802. The predicted molar refractivity (Wildman–Crippen MR) is 93.8 cm³/mol. The zero-order valence-electron chi connectivity index (χ0n) is 13.6. The SMILES string of the molecule is CCC1(c2ccccc2)C2=C(CCC(C)C2=O)Cc2ncsc21. The van der Waals surface area contributed by atoms with Gasteiger partial charge in [0.1, 0.15) is 0 Å². The van der Waals surface area contributed by atoms with Crippen LogP contribution in [0, 0.1) is 5.92 Å². The number of allylic oxidation sites excluding steroid dienone is 2. The summed E-state index contributed by atoms with van der Waals surface area (Å²) < 4.78 is 0. The second-order valence-corrected chi connectivity index (χ2v) is 7.57. The summed E-state index contributed by atoms with van der Waals surface area (Å²) in [5.41, 5.74) is 6.49. The van der Waals surface area contributed by atoms with Crippen LogP contribution in [0.4, 0.5) is 0 Å². The fourth-order valence-corrected chi connectivity index (χ4v) is 5.47. The molecule has 1 heterocycles. The molecule has 0 radical (unpaired) electrons. The number of hydrogen-bond donors (Lipinski definition) is 0. The minimum atomic E-state index is -0.295. The van der Waals surface area contributed by atoms with Gasteiger partial charge in [0, 0.05) is 22.8 Å². The lowest BCUT2D eigenvalue weighted by molar-refractivity contribution is -0.120. The first-order valence-electron chi connectivity index (χ1n) is 8.43. The van der Waals surface area contributed by atoms with Crippen molar-refractivity contribution in [3.63, 3.8) is 0 Å². The smallest absolute Gasteiger partial charge is 0.162 e. The van der Waals surface area contributed by atoms with Crippen molar-refractivity contribution in [1.29, 1.82) is 0 Å². The van der Waals surface area contributed by atoms with E-state index in [4.69, 9.17) is 0 Å². The minimum Gasteiger partial charge on any atom is -0.294 e. The normalized spacial score (nSPS) is 26.9. The van der Waals surface area contributed by atoms with Gasteiger partial charge in [-0.1, -0.05) is 49.8 Å². The number of aromatic nitrogens is 1. The molecule has 1 aromatic carbocycles. The number of hydrogen-bond acceptors (Lipinski definition) is 3. The first-order chi connectivity index (χ1) is 11.2. The average molecular weight is 323 g/mol. The van der Waals surface area contributed by atoms with E-state index in [9.17, 15) is 4.79 Å². The van der Waals surface area contributed by atoms with Crippen molar-refractivity contribution >= 4 is 17.1 Å². The molecule has 2 unspecified atom stereocenters.